The van der Waals surface area contributed by atoms with Crippen molar-refractivity contribution in [3.8, 4) is 6.01 Å². The zero-order valence-electron chi connectivity index (χ0n) is 13.2. The van der Waals surface area contributed by atoms with Gasteiger partial charge < -0.3 is 10.5 Å². The number of rotatable bonds is 8. The summed E-state index contributed by atoms with van der Waals surface area (Å²) >= 11 is 3.44. The zero-order chi connectivity index (χ0) is 16.8. The van der Waals surface area contributed by atoms with Gasteiger partial charge in [0.1, 0.15) is 12.4 Å². The number of fused-ring (bicyclic) bond motifs is 1. The highest BCUT2D eigenvalue weighted by molar-refractivity contribution is 9.09. The molecule has 0 spiro atoms. The van der Waals surface area contributed by atoms with E-state index in [0.29, 0.717) is 18.1 Å². The van der Waals surface area contributed by atoms with E-state index in [1.807, 2.05) is 16.8 Å². The van der Waals surface area contributed by atoms with Gasteiger partial charge in [-0.15, -0.1) is 0 Å². The van der Waals surface area contributed by atoms with E-state index in [9.17, 15) is 0 Å². The second-order valence-electron chi connectivity index (χ2n) is 5.39. The van der Waals surface area contributed by atoms with E-state index in [2.05, 4.69) is 36.0 Å². The summed E-state index contributed by atoms with van der Waals surface area (Å²) in [5.41, 5.74) is 7.72. The fraction of sp³-hybridized carbons (Fsp3) is 0.375. The maximum absolute atomic E-state index is 6.02. The van der Waals surface area contributed by atoms with Crippen LogP contribution in [0.4, 0.5) is 5.82 Å². The van der Waals surface area contributed by atoms with Gasteiger partial charge in [-0.05, 0) is 30.5 Å². The number of anilines is 1. The second kappa shape index (κ2) is 8.05. The highest BCUT2D eigenvalue weighted by atomic mass is 79.9. The molecule has 24 heavy (non-hydrogen) atoms. The van der Waals surface area contributed by atoms with Gasteiger partial charge in [0.05, 0.1) is 11.6 Å². The molecule has 0 aliphatic rings. The first-order valence-corrected chi connectivity index (χ1v) is 8.97. The van der Waals surface area contributed by atoms with Crippen molar-refractivity contribution in [2.75, 3.05) is 11.1 Å². The molecule has 0 radical (unpaired) electrons. The number of hydrogen-bond donors (Lipinski definition) is 1. The summed E-state index contributed by atoms with van der Waals surface area (Å²) in [6.07, 6.45) is 8.48. The van der Waals surface area contributed by atoms with E-state index in [4.69, 9.17) is 10.5 Å². The van der Waals surface area contributed by atoms with E-state index in [1.54, 1.807) is 18.6 Å². The quantitative estimate of drug-likeness (QED) is 0.469. The lowest BCUT2D eigenvalue weighted by Gasteiger charge is -2.07. The molecule has 3 rings (SSSR count). The number of hydrogen-bond acceptors (Lipinski definition) is 6. The molecule has 0 aliphatic carbocycles. The van der Waals surface area contributed by atoms with Crippen LogP contribution in [0.25, 0.3) is 11.0 Å². The monoisotopic (exact) mass is 390 g/mol. The lowest BCUT2D eigenvalue weighted by molar-refractivity contribution is 0.282. The minimum Gasteiger partial charge on any atom is -0.458 e. The van der Waals surface area contributed by atoms with Crippen LogP contribution in [-0.4, -0.2) is 30.1 Å². The first-order chi connectivity index (χ1) is 11.8. The first-order valence-electron chi connectivity index (χ1n) is 7.84. The molecule has 0 amide bonds. The predicted octanol–water partition coefficient (Wildman–Crippen LogP) is 2.95. The third-order valence-electron chi connectivity index (χ3n) is 3.63. The Labute approximate surface area is 148 Å². The normalized spacial score (nSPS) is 11.0. The summed E-state index contributed by atoms with van der Waals surface area (Å²) < 4.78 is 7.53. The molecule has 3 aromatic rings. The average Bonchev–Trinajstić information content (AvgIpc) is 3.01. The van der Waals surface area contributed by atoms with Crippen LogP contribution in [0, 0.1) is 0 Å². The van der Waals surface area contributed by atoms with Crippen molar-refractivity contribution in [3.63, 3.8) is 0 Å². The van der Waals surface area contributed by atoms with Gasteiger partial charge in [-0.3, -0.25) is 4.98 Å². The van der Waals surface area contributed by atoms with Crippen LogP contribution in [0.1, 0.15) is 24.8 Å². The van der Waals surface area contributed by atoms with Crippen molar-refractivity contribution >= 4 is 32.8 Å². The smallest absolute Gasteiger partial charge is 0.320 e. The van der Waals surface area contributed by atoms with Gasteiger partial charge in [0.25, 0.3) is 0 Å². The molecular weight excluding hydrogens is 372 g/mol. The molecule has 0 aromatic carbocycles. The van der Waals surface area contributed by atoms with Crippen LogP contribution in [0.2, 0.25) is 0 Å². The number of nitrogen functional groups attached to an aromatic ring is 1. The number of nitrogens with zero attached hydrogens (tertiary/aromatic N) is 5. The van der Waals surface area contributed by atoms with Crippen molar-refractivity contribution in [3.05, 3.63) is 36.3 Å². The number of nitrogens with two attached hydrogens (primary N) is 1. The Morgan fingerprint density at radius 1 is 1.12 bits per heavy atom. The summed E-state index contributed by atoms with van der Waals surface area (Å²) in [7, 11) is 0. The van der Waals surface area contributed by atoms with E-state index in [1.165, 1.54) is 0 Å². The highest BCUT2D eigenvalue weighted by Crippen LogP contribution is 2.21. The molecule has 0 fully saturated rings. The first kappa shape index (κ1) is 16.6. The second-order valence-corrected chi connectivity index (χ2v) is 6.18. The molecule has 2 N–H and O–H groups in total. The average molecular weight is 391 g/mol. The fourth-order valence-corrected chi connectivity index (χ4v) is 2.74. The van der Waals surface area contributed by atoms with Crippen LogP contribution >= 0.6 is 15.9 Å². The Hall–Kier alpha value is -2.22. The standard InChI is InChI=1S/C16H19BrN6O/c17-6-2-1-3-9-23-15-13(10-20-23)14(18)21-16(22-15)24-11-12-4-7-19-8-5-12/h4-5,7-8,10H,1-3,6,9,11H2,(H2,18,21,22). The Morgan fingerprint density at radius 3 is 2.75 bits per heavy atom. The molecule has 7 nitrogen and oxygen atoms in total. The van der Waals surface area contributed by atoms with Crippen LogP contribution in [-0.2, 0) is 13.2 Å². The number of alkyl halides is 1. The third-order valence-corrected chi connectivity index (χ3v) is 4.19. The molecule has 8 heteroatoms. The lowest BCUT2D eigenvalue weighted by atomic mass is 10.2. The zero-order valence-corrected chi connectivity index (χ0v) is 14.8. The maximum atomic E-state index is 6.02. The number of aromatic nitrogens is 5. The number of ether oxygens (including phenoxy) is 1. The van der Waals surface area contributed by atoms with Crippen molar-refractivity contribution < 1.29 is 4.74 Å². The van der Waals surface area contributed by atoms with Gasteiger partial charge in [0, 0.05) is 24.3 Å². The van der Waals surface area contributed by atoms with Crippen LogP contribution in [0.3, 0.4) is 0 Å². The maximum Gasteiger partial charge on any atom is 0.320 e. The van der Waals surface area contributed by atoms with Crippen molar-refractivity contribution in [2.24, 2.45) is 0 Å². The molecule has 3 heterocycles. The Morgan fingerprint density at radius 2 is 1.96 bits per heavy atom. The molecule has 0 atom stereocenters. The molecule has 0 unspecified atom stereocenters. The summed E-state index contributed by atoms with van der Waals surface area (Å²) in [5.74, 6) is 0.386. The highest BCUT2D eigenvalue weighted by Gasteiger charge is 2.12. The molecule has 0 bridgehead atoms. The fourth-order valence-electron chi connectivity index (χ4n) is 2.34. The number of halogens is 1. The predicted molar refractivity (Wildman–Crippen MR) is 95.9 cm³/mol. The number of aryl methyl sites for hydroxylation is 1. The van der Waals surface area contributed by atoms with Crippen LogP contribution in [0.15, 0.2) is 30.7 Å². The summed E-state index contributed by atoms with van der Waals surface area (Å²) in [4.78, 5) is 12.7. The SMILES string of the molecule is Nc1nc(OCc2ccncc2)nc2c1cnn2CCCCCBr. The molecule has 0 saturated heterocycles. The van der Waals surface area contributed by atoms with Crippen molar-refractivity contribution in [1.82, 2.24) is 24.7 Å². The summed E-state index contributed by atoms with van der Waals surface area (Å²) in [6, 6.07) is 4.03. The Bertz CT molecular complexity index is 792. The van der Waals surface area contributed by atoms with Gasteiger partial charge in [-0.25, -0.2) is 4.68 Å². The summed E-state index contributed by atoms with van der Waals surface area (Å²) in [5, 5.41) is 6.15. The number of unbranched alkanes of at least 4 members (excludes halogenated alkanes) is 2. The summed E-state index contributed by atoms with van der Waals surface area (Å²) in [6.45, 7) is 1.17. The lowest BCUT2D eigenvalue weighted by Crippen LogP contribution is -2.05. The van der Waals surface area contributed by atoms with E-state index >= 15 is 0 Å². The van der Waals surface area contributed by atoms with Crippen molar-refractivity contribution in [1.29, 1.82) is 0 Å². The van der Waals surface area contributed by atoms with Crippen LogP contribution in [0.5, 0.6) is 6.01 Å². The van der Waals surface area contributed by atoms with E-state index in [-0.39, 0.29) is 6.01 Å². The minimum atomic E-state index is 0.263. The molecule has 0 saturated carbocycles. The van der Waals surface area contributed by atoms with Crippen LogP contribution < -0.4 is 10.5 Å². The Balaban J connectivity index is 1.74. The van der Waals surface area contributed by atoms with E-state index in [0.717, 1.165) is 42.1 Å². The van der Waals surface area contributed by atoms with Gasteiger partial charge in [-0.2, -0.15) is 15.1 Å². The van der Waals surface area contributed by atoms with Gasteiger partial charge in [0.15, 0.2) is 5.65 Å². The molecule has 0 aliphatic heterocycles. The molecule has 3 aromatic heterocycles. The minimum absolute atomic E-state index is 0.263. The van der Waals surface area contributed by atoms with Gasteiger partial charge in [-0.1, -0.05) is 22.4 Å². The van der Waals surface area contributed by atoms with E-state index < -0.39 is 0 Å². The van der Waals surface area contributed by atoms with Gasteiger partial charge in [0.2, 0.25) is 0 Å². The Kier molecular flexibility index (Phi) is 5.58. The van der Waals surface area contributed by atoms with Crippen molar-refractivity contribution in [2.45, 2.75) is 32.4 Å². The third kappa shape index (κ3) is 4.00. The van der Waals surface area contributed by atoms with Gasteiger partial charge >= 0.3 is 6.01 Å². The number of pyridine rings is 1. The topological polar surface area (TPSA) is 91.7 Å². The largest absolute Gasteiger partial charge is 0.458 e. The molecule has 126 valence electrons. The molecular formula is C16H19BrN6O.